The number of hydrogen-bond acceptors (Lipinski definition) is 4. The Kier molecular flexibility index (Phi) is 5.17. The molecule has 1 aromatic heterocycles. The molecule has 2 amide bonds. The van der Waals surface area contributed by atoms with Crippen molar-refractivity contribution in [3.8, 4) is 0 Å². The molecule has 1 spiro atoms. The van der Waals surface area contributed by atoms with E-state index in [4.69, 9.17) is 4.74 Å². The number of rotatable bonds is 5. The smallest absolute Gasteiger partial charge is 0.255 e. The molecule has 1 unspecified atom stereocenters. The summed E-state index contributed by atoms with van der Waals surface area (Å²) in [7, 11) is 0. The predicted octanol–water partition coefficient (Wildman–Crippen LogP) is 2.04. The van der Waals surface area contributed by atoms with Crippen LogP contribution in [-0.2, 0) is 16.0 Å². The van der Waals surface area contributed by atoms with Crippen LogP contribution in [0.3, 0.4) is 0 Å². The van der Waals surface area contributed by atoms with Crippen LogP contribution in [0.4, 0.5) is 0 Å². The molecule has 1 aliphatic carbocycles. The van der Waals surface area contributed by atoms with Gasteiger partial charge in [-0.25, -0.2) is 0 Å². The van der Waals surface area contributed by atoms with Crippen molar-refractivity contribution in [1.82, 2.24) is 15.2 Å². The highest BCUT2D eigenvalue weighted by molar-refractivity contribution is 5.95. The van der Waals surface area contributed by atoms with E-state index in [0.717, 1.165) is 31.5 Å². The second kappa shape index (κ2) is 7.58. The summed E-state index contributed by atoms with van der Waals surface area (Å²) in [5, 5.41) is 3.14. The number of hydrogen-bond donors (Lipinski definition) is 1. The maximum atomic E-state index is 13.0. The number of nitrogens with one attached hydrogen (secondary N) is 1. The molecule has 3 aliphatic rings. The van der Waals surface area contributed by atoms with Gasteiger partial charge >= 0.3 is 0 Å². The van der Waals surface area contributed by atoms with Gasteiger partial charge in [-0.1, -0.05) is 6.92 Å². The second-order valence-electron chi connectivity index (χ2n) is 8.29. The zero-order chi connectivity index (χ0) is 18.9. The molecular weight excluding hydrogens is 342 g/mol. The van der Waals surface area contributed by atoms with Gasteiger partial charge in [0.05, 0.1) is 11.5 Å². The quantitative estimate of drug-likeness (QED) is 0.860. The van der Waals surface area contributed by atoms with Crippen LogP contribution in [0.15, 0.2) is 18.3 Å². The van der Waals surface area contributed by atoms with Crippen LogP contribution in [0.25, 0.3) is 0 Å². The van der Waals surface area contributed by atoms with E-state index in [-0.39, 0.29) is 23.1 Å². The summed E-state index contributed by atoms with van der Waals surface area (Å²) in [5.74, 6) is 0.598. The van der Waals surface area contributed by atoms with Gasteiger partial charge < -0.3 is 15.0 Å². The lowest BCUT2D eigenvalue weighted by atomic mass is 9.71. The standard InChI is InChI=1S/C21H29N3O3/c1-2-17-6-5-16(12-22-17)20(26)24-13-18(19(25)23-11-15-3-4-15)21(14-24)7-9-27-10-8-21/h5-6,12,15,18H,2-4,7-11,13-14H2,1H3,(H,23,25). The van der Waals surface area contributed by atoms with Crippen molar-refractivity contribution >= 4 is 11.8 Å². The molecule has 1 atom stereocenters. The Morgan fingerprint density at radius 3 is 2.70 bits per heavy atom. The zero-order valence-corrected chi connectivity index (χ0v) is 16.1. The van der Waals surface area contributed by atoms with Gasteiger partial charge in [0.2, 0.25) is 5.91 Å². The number of aryl methyl sites for hydroxylation is 1. The van der Waals surface area contributed by atoms with Gasteiger partial charge in [-0.2, -0.15) is 0 Å². The average molecular weight is 371 g/mol. The minimum Gasteiger partial charge on any atom is -0.381 e. The molecule has 1 aromatic rings. The largest absolute Gasteiger partial charge is 0.381 e. The molecule has 6 heteroatoms. The lowest BCUT2D eigenvalue weighted by Crippen LogP contribution is -2.44. The van der Waals surface area contributed by atoms with E-state index >= 15 is 0 Å². The Labute approximate surface area is 160 Å². The fourth-order valence-electron chi connectivity index (χ4n) is 4.40. The van der Waals surface area contributed by atoms with E-state index < -0.39 is 0 Å². The lowest BCUT2D eigenvalue weighted by molar-refractivity contribution is -0.129. The van der Waals surface area contributed by atoms with Crippen molar-refractivity contribution in [3.63, 3.8) is 0 Å². The van der Waals surface area contributed by atoms with Crippen LogP contribution in [0.2, 0.25) is 0 Å². The molecule has 27 heavy (non-hydrogen) atoms. The third-order valence-corrected chi connectivity index (χ3v) is 6.44. The van der Waals surface area contributed by atoms with Crippen LogP contribution < -0.4 is 5.32 Å². The number of amides is 2. The number of pyridine rings is 1. The molecule has 0 aromatic carbocycles. The van der Waals surface area contributed by atoms with Crippen molar-refractivity contribution in [3.05, 3.63) is 29.6 Å². The first-order chi connectivity index (χ1) is 13.1. The third-order valence-electron chi connectivity index (χ3n) is 6.44. The Bertz CT molecular complexity index is 693. The summed E-state index contributed by atoms with van der Waals surface area (Å²) < 4.78 is 5.55. The van der Waals surface area contributed by atoms with Gasteiger partial charge in [-0.15, -0.1) is 0 Å². The number of carbonyl (C=O) groups excluding carboxylic acids is 2. The van der Waals surface area contributed by atoms with E-state index in [0.29, 0.717) is 37.8 Å². The van der Waals surface area contributed by atoms with Gasteiger partial charge in [0.1, 0.15) is 0 Å². The van der Waals surface area contributed by atoms with Crippen LogP contribution in [0, 0.1) is 17.3 Å². The van der Waals surface area contributed by atoms with Crippen molar-refractivity contribution in [2.75, 3.05) is 32.8 Å². The molecule has 3 fully saturated rings. The summed E-state index contributed by atoms with van der Waals surface area (Å²) in [5.41, 5.74) is 1.43. The Morgan fingerprint density at radius 2 is 2.07 bits per heavy atom. The van der Waals surface area contributed by atoms with Gasteiger partial charge in [0, 0.05) is 50.2 Å². The molecule has 2 saturated heterocycles. The van der Waals surface area contributed by atoms with E-state index in [9.17, 15) is 9.59 Å². The van der Waals surface area contributed by atoms with Gasteiger partial charge in [0.25, 0.3) is 5.91 Å². The molecule has 4 rings (SSSR count). The van der Waals surface area contributed by atoms with E-state index in [1.165, 1.54) is 12.8 Å². The number of ether oxygens (including phenoxy) is 1. The summed E-state index contributed by atoms with van der Waals surface area (Å²) >= 11 is 0. The first-order valence-electron chi connectivity index (χ1n) is 10.2. The van der Waals surface area contributed by atoms with Gasteiger partial charge in [-0.3, -0.25) is 14.6 Å². The molecule has 146 valence electrons. The number of likely N-dealkylation sites (tertiary alicyclic amines) is 1. The molecular formula is C21H29N3O3. The monoisotopic (exact) mass is 371 g/mol. The molecule has 3 heterocycles. The maximum Gasteiger partial charge on any atom is 0.255 e. The number of carbonyl (C=O) groups is 2. The fourth-order valence-corrected chi connectivity index (χ4v) is 4.40. The first kappa shape index (κ1) is 18.4. The van der Waals surface area contributed by atoms with Crippen LogP contribution >= 0.6 is 0 Å². The molecule has 0 radical (unpaired) electrons. The minimum atomic E-state index is -0.154. The Balaban J connectivity index is 1.50. The van der Waals surface area contributed by atoms with E-state index in [1.807, 2.05) is 24.0 Å². The molecule has 2 aliphatic heterocycles. The maximum absolute atomic E-state index is 13.0. The minimum absolute atomic E-state index is 0.0199. The van der Waals surface area contributed by atoms with E-state index in [2.05, 4.69) is 10.3 Å². The topological polar surface area (TPSA) is 71.5 Å². The highest BCUT2D eigenvalue weighted by Gasteiger charge is 2.51. The fraction of sp³-hybridized carbons (Fsp3) is 0.667. The third kappa shape index (κ3) is 3.86. The summed E-state index contributed by atoms with van der Waals surface area (Å²) in [6, 6.07) is 3.76. The van der Waals surface area contributed by atoms with Gasteiger partial charge in [0.15, 0.2) is 0 Å². The number of aromatic nitrogens is 1. The zero-order valence-electron chi connectivity index (χ0n) is 16.1. The SMILES string of the molecule is CCc1ccc(C(=O)N2CC(C(=O)NCC3CC3)C3(CCOCC3)C2)cn1. The highest BCUT2D eigenvalue weighted by Crippen LogP contribution is 2.45. The van der Waals surface area contributed by atoms with Crippen molar-refractivity contribution in [1.29, 1.82) is 0 Å². The average Bonchev–Trinajstić information content (AvgIpc) is 3.47. The summed E-state index contributed by atoms with van der Waals surface area (Å²) in [6.07, 6.45) is 6.63. The van der Waals surface area contributed by atoms with Crippen molar-refractivity contribution < 1.29 is 14.3 Å². The highest BCUT2D eigenvalue weighted by atomic mass is 16.5. The normalized spacial score (nSPS) is 24.2. The molecule has 0 bridgehead atoms. The predicted molar refractivity (Wildman–Crippen MR) is 101 cm³/mol. The summed E-state index contributed by atoms with van der Waals surface area (Å²) in [6.45, 7) is 5.28. The molecule has 1 saturated carbocycles. The molecule has 1 N–H and O–H groups in total. The van der Waals surface area contributed by atoms with Crippen molar-refractivity contribution in [2.45, 2.75) is 39.0 Å². The molecule has 6 nitrogen and oxygen atoms in total. The van der Waals surface area contributed by atoms with Crippen LogP contribution in [-0.4, -0.2) is 54.5 Å². The Hall–Kier alpha value is -1.95. The van der Waals surface area contributed by atoms with Crippen LogP contribution in [0.5, 0.6) is 0 Å². The second-order valence-corrected chi connectivity index (χ2v) is 8.29. The number of nitrogens with zero attached hydrogens (tertiary/aromatic N) is 2. The first-order valence-corrected chi connectivity index (χ1v) is 10.2. The van der Waals surface area contributed by atoms with Gasteiger partial charge in [-0.05, 0) is 50.2 Å². The van der Waals surface area contributed by atoms with E-state index in [1.54, 1.807) is 6.20 Å². The lowest BCUT2D eigenvalue weighted by Gasteiger charge is -2.37. The van der Waals surface area contributed by atoms with Crippen LogP contribution in [0.1, 0.15) is 48.7 Å². The van der Waals surface area contributed by atoms with Crippen molar-refractivity contribution in [2.24, 2.45) is 17.3 Å². The Morgan fingerprint density at radius 1 is 1.30 bits per heavy atom. The summed E-state index contributed by atoms with van der Waals surface area (Å²) in [4.78, 5) is 32.2.